The van der Waals surface area contributed by atoms with E-state index in [-0.39, 0.29) is 6.04 Å². The predicted octanol–water partition coefficient (Wildman–Crippen LogP) is 4.54. The molecule has 0 amide bonds. The molecular formula is C18H17IN2. The number of fused-ring (bicyclic) bond motifs is 1. The van der Waals surface area contributed by atoms with Crippen molar-refractivity contribution in [2.75, 3.05) is 6.54 Å². The number of nitrogens with zero attached hydrogens (tertiary/aromatic N) is 1. The van der Waals surface area contributed by atoms with Gasteiger partial charge in [-0.1, -0.05) is 43.3 Å². The molecule has 3 rings (SSSR count). The zero-order chi connectivity index (χ0) is 14.7. The van der Waals surface area contributed by atoms with Crippen LogP contribution < -0.4 is 5.32 Å². The van der Waals surface area contributed by atoms with Crippen molar-refractivity contribution >= 4 is 33.5 Å². The standard InChI is InChI=1S/C18H17IN2/c1-2-20-18(15-8-4-5-9-16(15)19)14-11-13-7-3-6-10-17(13)21-12-14/h3-12,18,20H,2H2,1H3. The van der Waals surface area contributed by atoms with E-state index in [1.165, 1.54) is 20.1 Å². The van der Waals surface area contributed by atoms with Gasteiger partial charge in [0.2, 0.25) is 0 Å². The fourth-order valence-corrected chi connectivity index (χ4v) is 3.27. The maximum Gasteiger partial charge on any atom is 0.0702 e. The third kappa shape index (κ3) is 3.09. The minimum Gasteiger partial charge on any atom is -0.306 e. The van der Waals surface area contributed by atoms with Gasteiger partial charge in [-0.2, -0.15) is 0 Å². The van der Waals surface area contributed by atoms with E-state index in [4.69, 9.17) is 0 Å². The molecule has 1 aromatic heterocycles. The van der Waals surface area contributed by atoms with Crippen LogP contribution in [0, 0.1) is 3.57 Å². The second kappa shape index (κ2) is 6.54. The van der Waals surface area contributed by atoms with Crippen molar-refractivity contribution in [3.8, 4) is 0 Å². The van der Waals surface area contributed by atoms with Crippen LogP contribution in [0.4, 0.5) is 0 Å². The number of rotatable bonds is 4. The van der Waals surface area contributed by atoms with Crippen LogP contribution in [0.5, 0.6) is 0 Å². The first-order valence-corrected chi connectivity index (χ1v) is 8.20. The smallest absolute Gasteiger partial charge is 0.0702 e. The SMILES string of the molecule is CCNC(c1cnc2ccccc2c1)c1ccccc1I. The van der Waals surface area contributed by atoms with Gasteiger partial charge in [0.05, 0.1) is 11.6 Å². The Balaban J connectivity index is 2.09. The molecule has 0 bridgehead atoms. The molecule has 0 aliphatic heterocycles. The maximum atomic E-state index is 4.60. The van der Waals surface area contributed by atoms with E-state index in [1.807, 2.05) is 18.3 Å². The monoisotopic (exact) mass is 388 g/mol. The van der Waals surface area contributed by atoms with Gasteiger partial charge in [-0.3, -0.25) is 4.98 Å². The molecule has 21 heavy (non-hydrogen) atoms. The Morgan fingerprint density at radius 1 is 1.10 bits per heavy atom. The summed E-state index contributed by atoms with van der Waals surface area (Å²) in [5.41, 5.74) is 3.55. The molecule has 2 aromatic carbocycles. The Morgan fingerprint density at radius 3 is 2.67 bits per heavy atom. The van der Waals surface area contributed by atoms with Crippen molar-refractivity contribution in [1.29, 1.82) is 0 Å². The van der Waals surface area contributed by atoms with Crippen molar-refractivity contribution in [2.24, 2.45) is 0 Å². The summed E-state index contributed by atoms with van der Waals surface area (Å²) in [5, 5.41) is 4.76. The van der Waals surface area contributed by atoms with Crippen LogP contribution in [0.1, 0.15) is 24.1 Å². The molecule has 0 aliphatic carbocycles. The van der Waals surface area contributed by atoms with Crippen LogP contribution in [0.2, 0.25) is 0 Å². The van der Waals surface area contributed by atoms with Gasteiger partial charge in [0.1, 0.15) is 0 Å². The lowest BCUT2D eigenvalue weighted by Gasteiger charge is -2.20. The summed E-state index contributed by atoms with van der Waals surface area (Å²) in [5.74, 6) is 0. The average Bonchev–Trinajstić information content (AvgIpc) is 2.53. The Morgan fingerprint density at radius 2 is 1.86 bits per heavy atom. The number of nitrogens with one attached hydrogen (secondary N) is 1. The molecular weight excluding hydrogens is 371 g/mol. The first-order chi connectivity index (χ1) is 10.3. The van der Waals surface area contributed by atoms with E-state index in [0.29, 0.717) is 0 Å². The number of para-hydroxylation sites is 1. The fourth-order valence-electron chi connectivity index (χ4n) is 2.57. The minimum absolute atomic E-state index is 0.181. The van der Waals surface area contributed by atoms with Gasteiger partial charge < -0.3 is 5.32 Å². The van der Waals surface area contributed by atoms with Crippen LogP contribution in [-0.4, -0.2) is 11.5 Å². The molecule has 0 saturated carbocycles. The number of hydrogen-bond donors (Lipinski definition) is 1. The van der Waals surface area contributed by atoms with E-state index >= 15 is 0 Å². The summed E-state index contributed by atoms with van der Waals surface area (Å²) in [6.07, 6.45) is 1.98. The number of hydrogen-bond acceptors (Lipinski definition) is 2. The lowest BCUT2D eigenvalue weighted by molar-refractivity contribution is 0.627. The number of halogens is 1. The van der Waals surface area contributed by atoms with Crippen molar-refractivity contribution in [3.63, 3.8) is 0 Å². The molecule has 0 spiro atoms. The molecule has 1 unspecified atom stereocenters. The summed E-state index contributed by atoms with van der Waals surface area (Å²) in [7, 11) is 0. The average molecular weight is 388 g/mol. The van der Waals surface area contributed by atoms with E-state index in [1.54, 1.807) is 0 Å². The molecule has 0 saturated heterocycles. The van der Waals surface area contributed by atoms with Crippen LogP contribution in [0.3, 0.4) is 0 Å². The second-order valence-electron chi connectivity index (χ2n) is 4.97. The van der Waals surface area contributed by atoms with Gasteiger partial charge in [-0.25, -0.2) is 0 Å². The molecule has 3 heteroatoms. The predicted molar refractivity (Wildman–Crippen MR) is 96.4 cm³/mol. The quantitative estimate of drug-likeness (QED) is 0.664. The van der Waals surface area contributed by atoms with E-state index in [0.717, 1.165) is 12.1 Å². The largest absolute Gasteiger partial charge is 0.306 e. The fraction of sp³-hybridized carbons (Fsp3) is 0.167. The molecule has 106 valence electrons. The number of pyridine rings is 1. The highest BCUT2D eigenvalue weighted by Crippen LogP contribution is 2.27. The third-order valence-electron chi connectivity index (χ3n) is 3.57. The topological polar surface area (TPSA) is 24.9 Å². The minimum atomic E-state index is 0.181. The van der Waals surface area contributed by atoms with Gasteiger partial charge in [-0.05, 0) is 58.5 Å². The molecule has 0 aliphatic rings. The summed E-state index contributed by atoms with van der Waals surface area (Å²) in [6.45, 7) is 3.06. The van der Waals surface area contributed by atoms with E-state index < -0.39 is 0 Å². The van der Waals surface area contributed by atoms with E-state index in [9.17, 15) is 0 Å². The van der Waals surface area contributed by atoms with Gasteiger partial charge in [0, 0.05) is 15.2 Å². The molecule has 1 heterocycles. The molecule has 0 radical (unpaired) electrons. The van der Waals surface area contributed by atoms with Crippen LogP contribution >= 0.6 is 22.6 Å². The summed E-state index contributed by atoms with van der Waals surface area (Å²) >= 11 is 2.40. The summed E-state index contributed by atoms with van der Waals surface area (Å²) < 4.78 is 1.27. The first-order valence-electron chi connectivity index (χ1n) is 7.12. The summed E-state index contributed by atoms with van der Waals surface area (Å²) in [4.78, 5) is 4.60. The zero-order valence-electron chi connectivity index (χ0n) is 11.9. The number of benzene rings is 2. The highest BCUT2D eigenvalue weighted by atomic mass is 127. The Hall–Kier alpha value is -1.46. The van der Waals surface area contributed by atoms with Gasteiger partial charge in [0.25, 0.3) is 0 Å². The van der Waals surface area contributed by atoms with Gasteiger partial charge in [-0.15, -0.1) is 0 Å². The summed E-state index contributed by atoms with van der Waals surface area (Å²) in [6, 6.07) is 19.2. The van der Waals surface area contributed by atoms with Crippen LogP contribution in [-0.2, 0) is 0 Å². The molecule has 3 aromatic rings. The van der Waals surface area contributed by atoms with Crippen molar-refractivity contribution in [3.05, 3.63) is 75.5 Å². The maximum absolute atomic E-state index is 4.60. The zero-order valence-corrected chi connectivity index (χ0v) is 14.0. The molecule has 0 fully saturated rings. The Labute approximate surface area is 138 Å². The van der Waals surface area contributed by atoms with Gasteiger partial charge in [0.15, 0.2) is 0 Å². The lowest BCUT2D eigenvalue weighted by atomic mass is 9.99. The van der Waals surface area contributed by atoms with Crippen LogP contribution in [0.15, 0.2) is 60.8 Å². The number of aromatic nitrogens is 1. The van der Waals surface area contributed by atoms with Crippen LogP contribution in [0.25, 0.3) is 10.9 Å². The Bertz CT molecular complexity index is 755. The van der Waals surface area contributed by atoms with Gasteiger partial charge >= 0.3 is 0 Å². The highest BCUT2D eigenvalue weighted by molar-refractivity contribution is 14.1. The Kier molecular flexibility index (Phi) is 4.51. The van der Waals surface area contributed by atoms with E-state index in [2.05, 4.69) is 82.3 Å². The second-order valence-corrected chi connectivity index (χ2v) is 6.14. The first kappa shape index (κ1) is 14.5. The highest BCUT2D eigenvalue weighted by Gasteiger charge is 2.16. The molecule has 1 atom stereocenters. The van der Waals surface area contributed by atoms with Crippen molar-refractivity contribution in [1.82, 2.24) is 10.3 Å². The molecule has 2 nitrogen and oxygen atoms in total. The lowest BCUT2D eigenvalue weighted by Crippen LogP contribution is -2.23. The van der Waals surface area contributed by atoms with Crippen molar-refractivity contribution < 1.29 is 0 Å². The third-order valence-corrected chi connectivity index (χ3v) is 4.55. The normalized spacial score (nSPS) is 12.5. The van der Waals surface area contributed by atoms with Crippen molar-refractivity contribution in [2.45, 2.75) is 13.0 Å². The molecule has 1 N–H and O–H groups in total.